The number of benzene rings is 1. The van der Waals surface area contributed by atoms with Gasteiger partial charge >= 0.3 is 0 Å². The fraction of sp³-hybridized carbons (Fsp3) is 0.333. The van der Waals surface area contributed by atoms with Gasteiger partial charge in [-0.05, 0) is 50.0 Å². The first kappa shape index (κ1) is 16.8. The van der Waals surface area contributed by atoms with E-state index in [4.69, 9.17) is 5.73 Å². The number of aryl methyl sites for hydroxylation is 1. The number of anilines is 1. The van der Waals surface area contributed by atoms with Crippen molar-refractivity contribution in [3.63, 3.8) is 0 Å². The topological polar surface area (TPSA) is 93.3 Å². The van der Waals surface area contributed by atoms with Crippen molar-refractivity contribution in [2.75, 3.05) is 11.1 Å². The molecule has 3 rings (SSSR count). The smallest absolute Gasteiger partial charge is 0.269 e. The summed E-state index contributed by atoms with van der Waals surface area (Å²) in [5.41, 5.74) is 6.55. The number of nitrogens with zero attached hydrogens (tertiary/aromatic N) is 3. The number of hydrogen-bond acceptors (Lipinski definition) is 7. The van der Waals surface area contributed by atoms with Gasteiger partial charge in [0.05, 0.1) is 11.2 Å². The predicted molar refractivity (Wildman–Crippen MR) is 95.0 cm³/mol. The van der Waals surface area contributed by atoms with E-state index in [2.05, 4.69) is 19.9 Å². The number of carbonyl (C=O) groups is 1. The van der Waals surface area contributed by atoms with Crippen molar-refractivity contribution in [1.29, 1.82) is 0 Å². The fourth-order valence-electron chi connectivity index (χ4n) is 2.52. The summed E-state index contributed by atoms with van der Waals surface area (Å²) >= 11 is 2.48. The molecule has 0 radical (unpaired) electrons. The number of amidine groups is 1. The Morgan fingerprint density at radius 2 is 2.25 bits per heavy atom. The number of aromatic nitrogens is 2. The first-order valence-corrected chi connectivity index (χ1v) is 9.03. The molecule has 0 aliphatic carbocycles. The summed E-state index contributed by atoms with van der Waals surface area (Å²) in [6.45, 7) is 3.56. The molecule has 1 amide bonds. The molecule has 24 heavy (non-hydrogen) atoms. The Labute approximate surface area is 146 Å². The van der Waals surface area contributed by atoms with Crippen LogP contribution >= 0.6 is 23.3 Å². The van der Waals surface area contributed by atoms with Gasteiger partial charge in [-0.2, -0.15) is 0 Å². The fourth-order valence-corrected chi connectivity index (χ4v) is 4.05. The SMILES string of the molecule is Cc1nnsc1C(=O)Nc1ccc(F)c([C@]2(C)CCSC(N)=N2)c1. The minimum absolute atomic E-state index is 0.313. The van der Waals surface area contributed by atoms with Gasteiger partial charge in [0.15, 0.2) is 5.17 Å². The van der Waals surface area contributed by atoms with Gasteiger partial charge in [-0.3, -0.25) is 9.79 Å². The molecule has 0 saturated heterocycles. The highest BCUT2D eigenvalue weighted by molar-refractivity contribution is 8.13. The second-order valence-corrected chi connectivity index (χ2v) is 7.53. The van der Waals surface area contributed by atoms with Crippen LogP contribution in [-0.4, -0.2) is 26.4 Å². The van der Waals surface area contributed by atoms with Crippen molar-refractivity contribution in [2.24, 2.45) is 10.7 Å². The highest BCUT2D eigenvalue weighted by Gasteiger charge is 2.32. The molecule has 1 aromatic carbocycles. The third-order valence-electron chi connectivity index (χ3n) is 3.86. The average Bonchev–Trinajstić information content (AvgIpc) is 2.95. The van der Waals surface area contributed by atoms with E-state index in [0.717, 1.165) is 17.3 Å². The Bertz CT molecular complexity index is 822. The van der Waals surface area contributed by atoms with E-state index < -0.39 is 5.54 Å². The zero-order chi connectivity index (χ0) is 17.3. The van der Waals surface area contributed by atoms with Gasteiger partial charge in [0.2, 0.25) is 0 Å². The molecule has 0 unspecified atom stereocenters. The van der Waals surface area contributed by atoms with E-state index in [0.29, 0.717) is 33.4 Å². The first-order chi connectivity index (χ1) is 11.4. The summed E-state index contributed by atoms with van der Waals surface area (Å²) in [7, 11) is 0. The molecule has 1 aromatic heterocycles. The molecule has 0 fully saturated rings. The Kier molecular flexibility index (Phi) is 4.55. The summed E-state index contributed by atoms with van der Waals surface area (Å²) in [4.78, 5) is 17.1. The summed E-state index contributed by atoms with van der Waals surface area (Å²) < 4.78 is 18.1. The van der Waals surface area contributed by atoms with Crippen LogP contribution in [0, 0.1) is 12.7 Å². The highest BCUT2D eigenvalue weighted by atomic mass is 32.2. The molecule has 0 saturated carbocycles. The molecular formula is C15H16FN5OS2. The van der Waals surface area contributed by atoms with Gasteiger partial charge in [-0.25, -0.2) is 4.39 Å². The average molecular weight is 365 g/mol. The quantitative estimate of drug-likeness (QED) is 0.872. The van der Waals surface area contributed by atoms with Crippen LogP contribution in [0.3, 0.4) is 0 Å². The van der Waals surface area contributed by atoms with Crippen LogP contribution in [0.25, 0.3) is 0 Å². The lowest BCUT2D eigenvalue weighted by Gasteiger charge is -2.30. The number of halogens is 1. The standard InChI is InChI=1S/C15H16FN5OS2/c1-8-12(24-21-20-8)13(22)18-9-3-4-11(16)10(7-9)15(2)5-6-23-14(17)19-15/h3-4,7H,5-6H2,1-2H3,(H2,17,19)(H,18,22)/t15-/m0/s1. The van der Waals surface area contributed by atoms with Crippen molar-refractivity contribution >= 4 is 40.1 Å². The van der Waals surface area contributed by atoms with E-state index in [1.165, 1.54) is 23.9 Å². The summed E-state index contributed by atoms with van der Waals surface area (Å²) in [5.74, 6) is 0.0927. The highest BCUT2D eigenvalue weighted by Crippen LogP contribution is 2.37. The molecule has 9 heteroatoms. The van der Waals surface area contributed by atoms with E-state index in [9.17, 15) is 9.18 Å². The Balaban J connectivity index is 1.91. The third-order valence-corrected chi connectivity index (χ3v) is 5.48. The zero-order valence-electron chi connectivity index (χ0n) is 13.2. The zero-order valence-corrected chi connectivity index (χ0v) is 14.8. The molecule has 6 nitrogen and oxygen atoms in total. The monoisotopic (exact) mass is 365 g/mol. The normalized spacial score (nSPS) is 20.5. The van der Waals surface area contributed by atoms with Crippen LogP contribution in [0.2, 0.25) is 0 Å². The van der Waals surface area contributed by atoms with Gasteiger partial charge in [-0.15, -0.1) is 5.10 Å². The van der Waals surface area contributed by atoms with Gasteiger partial charge in [0.1, 0.15) is 10.7 Å². The third kappa shape index (κ3) is 3.27. The minimum Gasteiger partial charge on any atom is -0.379 e. The maximum atomic E-state index is 14.4. The lowest BCUT2D eigenvalue weighted by Crippen LogP contribution is -2.29. The molecule has 126 valence electrons. The number of carbonyl (C=O) groups excluding carboxylic acids is 1. The maximum absolute atomic E-state index is 14.4. The Morgan fingerprint density at radius 1 is 1.46 bits per heavy atom. The summed E-state index contributed by atoms with van der Waals surface area (Å²) in [6.07, 6.45) is 0.671. The maximum Gasteiger partial charge on any atom is 0.269 e. The van der Waals surface area contributed by atoms with Gasteiger partial charge < -0.3 is 11.1 Å². The number of rotatable bonds is 3. The van der Waals surface area contributed by atoms with Gasteiger partial charge in [0.25, 0.3) is 5.91 Å². The van der Waals surface area contributed by atoms with Crippen LogP contribution in [0.1, 0.15) is 34.3 Å². The molecule has 0 bridgehead atoms. The number of amides is 1. The van der Waals surface area contributed by atoms with Crippen molar-refractivity contribution in [3.8, 4) is 0 Å². The van der Waals surface area contributed by atoms with Crippen molar-refractivity contribution < 1.29 is 9.18 Å². The molecular weight excluding hydrogens is 349 g/mol. The van der Waals surface area contributed by atoms with E-state index in [1.54, 1.807) is 13.0 Å². The number of aliphatic imine (C=N–C) groups is 1. The number of nitrogens with two attached hydrogens (primary N) is 1. The molecule has 3 N–H and O–H groups in total. The van der Waals surface area contributed by atoms with Gasteiger partial charge in [0, 0.05) is 17.0 Å². The number of thioether (sulfide) groups is 1. The van der Waals surface area contributed by atoms with Gasteiger partial charge in [-0.1, -0.05) is 16.3 Å². The van der Waals surface area contributed by atoms with Crippen LogP contribution < -0.4 is 11.1 Å². The number of nitrogens with one attached hydrogen (secondary N) is 1. The molecule has 2 aromatic rings. The van der Waals surface area contributed by atoms with Crippen molar-refractivity contribution in [1.82, 2.24) is 9.59 Å². The van der Waals surface area contributed by atoms with Crippen LogP contribution in [-0.2, 0) is 5.54 Å². The van der Waals surface area contributed by atoms with Crippen molar-refractivity contribution in [3.05, 3.63) is 40.2 Å². The van der Waals surface area contributed by atoms with E-state index >= 15 is 0 Å². The van der Waals surface area contributed by atoms with Crippen molar-refractivity contribution in [2.45, 2.75) is 25.8 Å². The number of hydrogen-bond donors (Lipinski definition) is 2. The molecule has 1 aliphatic heterocycles. The lowest BCUT2D eigenvalue weighted by molar-refractivity contribution is 0.102. The predicted octanol–water partition coefficient (Wildman–Crippen LogP) is 2.90. The minimum atomic E-state index is -0.734. The molecule has 1 aliphatic rings. The second kappa shape index (κ2) is 6.48. The molecule has 1 atom stereocenters. The van der Waals surface area contributed by atoms with E-state index in [1.807, 2.05) is 6.92 Å². The molecule has 2 heterocycles. The van der Waals surface area contributed by atoms with Crippen LogP contribution in [0.15, 0.2) is 23.2 Å². The Hall–Kier alpha value is -2.00. The Morgan fingerprint density at radius 3 is 2.92 bits per heavy atom. The summed E-state index contributed by atoms with van der Waals surface area (Å²) in [6, 6.07) is 4.47. The van der Waals surface area contributed by atoms with Crippen LogP contribution in [0.5, 0.6) is 0 Å². The second-order valence-electron chi connectivity index (χ2n) is 5.66. The van der Waals surface area contributed by atoms with E-state index in [-0.39, 0.29) is 11.7 Å². The first-order valence-electron chi connectivity index (χ1n) is 7.27. The molecule has 0 spiro atoms. The van der Waals surface area contributed by atoms with Crippen LogP contribution in [0.4, 0.5) is 10.1 Å². The lowest BCUT2D eigenvalue weighted by atomic mass is 9.89. The summed E-state index contributed by atoms with van der Waals surface area (Å²) in [5, 5.41) is 7.03. The largest absolute Gasteiger partial charge is 0.379 e.